The monoisotopic (exact) mass is 988 g/mol. The van der Waals surface area contributed by atoms with Crippen LogP contribution in [0.15, 0.2) is 123 Å². The fourth-order valence-electron chi connectivity index (χ4n) is 5.37. The Labute approximate surface area is 373 Å². The van der Waals surface area contributed by atoms with Gasteiger partial charge in [-0.3, -0.25) is 29.6 Å². The summed E-state index contributed by atoms with van der Waals surface area (Å²) in [6.45, 7) is 0. The highest BCUT2D eigenvalue weighted by Crippen LogP contribution is 2.23. The predicted molar refractivity (Wildman–Crippen MR) is 238 cm³/mol. The first-order valence-electron chi connectivity index (χ1n) is 18.1. The third kappa shape index (κ3) is 12.4. The molecule has 6 aromatic rings. The van der Waals surface area contributed by atoms with E-state index in [1.54, 1.807) is 38.4 Å². The first kappa shape index (κ1) is 46.7. The van der Waals surface area contributed by atoms with E-state index in [2.05, 4.69) is 68.1 Å². The van der Waals surface area contributed by atoms with E-state index in [1.165, 1.54) is 60.7 Å². The lowest BCUT2D eigenvalue weighted by Crippen LogP contribution is -2.23. The molecule has 14 nitrogen and oxygen atoms in total. The molecule has 7 N–H and O–H groups in total. The molecular weight excluding hydrogens is 956 g/mol. The van der Waals surface area contributed by atoms with Gasteiger partial charge in [-0.05, 0) is 117 Å². The molecule has 0 saturated carbocycles. The lowest BCUT2D eigenvalue weighted by molar-refractivity contribution is 0.100. The summed E-state index contributed by atoms with van der Waals surface area (Å²) >= 11 is 6.47. The van der Waals surface area contributed by atoms with Crippen LogP contribution in [-0.2, 0) is 0 Å². The van der Waals surface area contributed by atoms with E-state index in [4.69, 9.17) is 11.1 Å². The van der Waals surface area contributed by atoms with Crippen LogP contribution in [0.3, 0.4) is 0 Å². The zero-order chi connectivity index (χ0) is 46.0. The Morgan fingerprint density at radius 2 is 1.00 bits per heavy atom. The van der Waals surface area contributed by atoms with Crippen molar-refractivity contribution in [3.8, 4) is 0 Å². The number of carbonyl (C=O) groups is 4. The molecule has 0 unspecified atom stereocenters. The predicted octanol–water partition coefficient (Wildman–Crippen LogP) is 8.48. The third-order valence-corrected chi connectivity index (χ3v) is 9.51. The van der Waals surface area contributed by atoms with Crippen molar-refractivity contribution >= 4 is 90.2 Å². The van der Waals surface area contributed by atoms with E-state index in [0.717, 1.165) is 36.4 Å². The molecule has 2 heterocycles. The second-order valence-electron chi connectivity index (χ2n) is 13.2. The van der Waals surface area contributed by atoms with Gasteiger partial charge in [-0.2, -0.15) is 0 Å². The van der Waals surface area contributed by atoms with Crippen molar-refractivity contribution in [2.45, 2.75) is 0 Å². The van der Waals surface area contributed by atoms with Gasteiger partial charge in [-0.15, -0.1) is 0 Å². The van der Waals surface area contributed by atoms with Crippen LogP contribution in [0.25, 0.3) is 0 Å². The first-order valence-corrected chi connectivity index (χ1v) is 19.7. The average molecular weight is 991 g/mol. The number of amides is 4. The van der Waals surface area contributed by atoms with Crippen molar-refractivity contribution in [1.82, 2.24) is 14.9 Å². The summed E-state index contributed by atoms with van der Waals surface area (Å²) in [5.74, 6) is -5.43. The molecule has 2 aromatic heterocycles. The Kier molecular flexibility index (Phi) is 15.6. The molecule has 0 aliphatic rings. The van der Waals surface area contributed by atoms with Gasteiger partial charge in [0.15, 0.2) is 0 Å². The highest BCUT2D eigenvalue weighted by Gasteiger charge is 2.21. The van der Waals surface area contributed by atoms with Crippen LogP contribution in [0.1, 0.15) is 52.6 Å². The largest absolute Gasteiger partial charge is 0.384 e. The Bertz CT molecular complexity index is 2760. The maximum absolute atomic E-state index is 14.5. The van der Waals surface area contributed by atoms with Crippen molar-refractivity contribution in [2.24, 2.45) is 10.7 Å². The number of hydrogen-bond donors (Lipinski definition) is 6. The number of pyridine rings is 2. The van der Waals surface area contributed by atoms with E-state index in [0.29, 0.717) is 20.1 Å². The fraction of sp³-hybridized carbons (Fsp3) is 0.0698. The van der Waals surface area contributed by atoms with Gasteiger partial charge in [-0.1, -0.05) is 12.1 Å². The molecule has 0 fully saturated rings. The number of aliphatic imine (C=N–C) groups is 1. The van der Waals surface area contributed by atoms with Gasteiger partial charge in [0.2, 0.25) is 0 Å². The summed E-state index contributed by atoms with van der Waals surface area (Å²) < 4.78 is 58.0. The molecule has 322 valence electrons. The number of aromatic nitrogens is 2. The van der Waals surface area contributed by atoms with E-state index in [1.807, 2.05) is 0 Å². The molecule has 0 aliphatic heterocycles. The molecule has 0 aliphatic carbocycles. The summed E-state index contributed by atoms with van der Waals surface area (Å²) in [5.41, 5.74) is 5.38. The molecule has 63 heavy (non-hydrogen) atoms. The van der Waals surface area contributed by atoms with E-state index in [9.17, 15) is 36.7 Å². The Hall–Kier alpha value is -7.32. The second-order valence-corrected chi connectivity index (χ2v) is 15.0. The highest BCUT2D eigenvalue weighted by atomic mass is 79.9. The quantitative estimate of drug-likeness (QED) is 0.0445. The lowest BCUT2D eigenvalue weighted by Gasteiger charge is -2.15. The molecule has 0 saturated heterocycles. The van der Waals surface area contributed by atoms with Gasteiger partial charge < -0.3 is 31.9 Å². The van der Waals surface area contributed by atoms with E-state index < -0.39 is 46.9 Å². The Balaban J connectivity index is 0.000000238. The van der Waals surface area contributed by atoms with Crippen molar-refractivity contribution < 1.29 is 36.7 Å². The van der Waals surface area contributed by atoms with Crippen LogP contribution in [-0.4, -0.2) is 71.3 Å². The average Bonchev–Trinajstić information content (AvgIpc) is 3.25. The van der Waals surface area contributed by atoms with Crippen molar-refractivity contribution in [3.63, 3.8) is 0 Å². The maximum Gasteiger partial charge on any atom is 0.259 e. The molecule has 0 bridgehead atoms. The van der Waals surface area contributed by atoms with Gasteiger partial charge in [0.1, 0.15) is 46.6 Å². The van der Waals surface area contributed by atoms with Crippen molar-refractivity contribution in [2.75, 3.05) is 42.4 Å². The number of carbonyl (C=O) groups excluding carboxylic acids is 4. The van der Waals surface area contributed by atoms with Gasteiger partial charge in [0.25, 0.3) is 23.6 Å². The van der Waals surface area contributed by atoms with Gasteiger partial charge in [0.05, 0.1) is 33.6 Å². The molecular formula is C43H34Br2F4N10O4. The summed E-state index contributed by atoms with van der Waals surface area (Å²) in [6.07, 6.45) is 2.96. The number of amidine groups is 2. The maximum atomic E-state index is 14.5. The zero-order valence-corrected chi connectivity index (χ0v) is 36.3. The molecule has 6 rings (SSSR count). The van der Waals surface area contributed by atoms with Crippen LogP contribution < -0.4 is 27.0 Å². The van der Waals surface area contributed by atoms with Gasteiger partial charge in [0, 0.05) is 53.6 Å². The standard InChI is InChI=1S/C22H18BrF2N5O2.C21H16BrF2N5O2/c1-30(2)20(26)12-3-6-15(17(25)9-12)21(31)28-18-7-5-14(24)10-16(18)22(32)29-19-8-4-13(23)11-27-19;1-26-19(25)11-2-5-14(16(24)8-11)20(30)28-17-6-4-13(23)9-15(17)21(31)29-18-7-3-12(22)10-27-18/h3-11,26H,1-2H3,(H,28,31)(H,27,29,32);2-10H,1H3,(H2,25,26)(H,28,30)(H,27,29,31). The Morgan fingerprint density at radius 3 is 1.38 bits per heavy atom. The summed E-state index contributed by atoms with van der Waals surface area (Å²) in [5, 5.41) is 17.8. The minimum absolute atomic E-state index is 0.000812. The number of nitrogens with one attached hydrogen (secondary N) is 5. The van der Waals surface area contributed by atoms with Crippen LogP contribution in [0.5, 0.6) is 0 Å². The normalized spacial score (nSPS) is 10.8. The zero-order valence-electron chi connectivity index (χ0n) is 33.2. The summed E-state index contributed by atoms with van der Waals surface area (Å²) in [4.78, 5) is 63.8. The molecule has 4 amide bonds. The fourth-order valence-corrected chi connectivity index (χ4v) is 5.83. The van der Waals surface area contributed by atoms with Gasteiger partial charge >= 0.3 is 0 Å². The van der Waals surface area contributed by atoms with Gasteiger partial charge in [-0.25, -0.2) is 27.5 Å². The topological polar surface area (TPSA) is 208 Å². The minimum Gasteiger partial charge on any atom is -0.384 e. The smallest absolute Gasteiger partial charge is 0.259 e. The summed E-state index contributed by atoms with van der Waals surface area (Å²) in [7, 11) is 4.75. The molecule has 0 spiro atoms. The molecule has 4 aromatic carbocycles. The summed E-state index contributed by atoms with van der Waals surface area (Å²) in [6, 6.07) is 20.4. The molecule has 0 atom stereocenters. The van der Waals surface area contributed by atoms with E-state index in [-0.39, 0.29) is 56.9 Å². The SMILES string of the molecule is CN(C)C(=N)c1ccc(C(=O)Nc2ccc(F)cc2C(=O)Nc2ccc(Br)cn2)c(F)c1.CN=C(N)c1ccc(C(=O)Nc2ccc(F)cc2C(=O)Nc2ccc(Br)cn2)c(F)c1. The Morgan fingerprint density at radius 1 is 0.587 bits per heavy atom. The number of benzene rings is 4. The number of nitrogens with zero attached hydrogens (tertiary/aromatic N) is 4. The number of hydrogen-bond acceptors (Lipinski definition) is 8. The van der Waals surface area contributed by atoms with Crippen LogP contribution in [0.4, 0.5) is 40.6 Å². The number of halogens is 6. The minimum atomic E-state index is -0.834. The number of anilines is 4. The second kappa shape index (κ2) is 21.0. The van der Waals surface area contributed by atoms with Crippen molar-refractivity contribution in [1.29, 1.82) is 5.41 Å². The van der Waals surface area contributed by atoms with E-state index >= 15 is 0 Å². The lowest BCUT2D eigenvalue weighted by atomic mass is 10.1. The van der Waals surface area contributed by atoms with Crippen LogP contribution in [0, 0.1) is 28.7 Å². The number of rotatable bonds is 10. The number of nitrogens with two attached hydrogens (primary N) is 1. The van der Waals surface area contributed by atoms with Crippen molar-refractivity contribution in [3.05, 3.63) is 175 Å². The molecule has 0 radical (unpaired) electrons. The third-order valence-electron chi connectivity index (χ3n) is 8.57. The first-order chi connectivity index (χ1) is 29.9. The van der Waals surface area contributed by atoms with Crippen LogP contribution >= 0.6 is 31.9 Å². The highest BCUT2D eigenvalue weighted by molar-refractivity contribution is 9.10. The van der Waals surface area contributed by atoms with Crippen LogP contribution in [0.2, 0.25) is 0 Å². The molecule has 20 heteroatoms.